The van der Waals surface area contributed by atoms with Crippen molar-refractivity contribution in [1.82, 2.24) is 0 Å². The molecule has 0 bridgehead atoms. The topological polar surface area (TPSA) is 9.23 Å². The van der Waals surface area contributed by atoms with E-state index in [2.05, 4.69) is 13.0 Å². The van der Waals surface area contributed by atoms with Gasteiger partial charge in [0.05, 0.1) is 6.61 Å². The van der Waals surface area contributed by atoms with Crippen LogP contribution in [0, 0.1) is 6.07 Å². The van der Waals surface area contributed by atoms with Crippen LogP contribution in [-0.4, -0.2) is 29.7 Å². The fraction of sp³-hybridized carbons (Fsp3) is 0.500. The van der Waals surface area contributed by atoms with Gasteiger partial charge >= 0.3 is 23.1 Å². The summed E-state index contributed by atoms with van der Waals surface area (Å²) in [5.41, 5.74) is 0. The third-order valence-electron chi connectivity index (χ3n) is 1.95. The zero-order valence-corrected chi connectivity index (χ0v) is 12.3. The second-order valence-electron chi connectivity index (χ2n) is 3.15. The summed E-state index contributed by atoms with van der Waals surface area (Å²) in [4.78, 5) is 0. The molecule has 0 amide bonds. The van der Waals surface area contributed by atoms with Gasteiger partial charge in [0.2, 0.25) is 0 Å². The maximum atomic E-state index is 5.52. The second kappa shape index (κ2) is 12.3. The van der Waals surface area contributed by atoms with Gasteiger partial charge in [0, 0.05) is 5.75 Å². The van der Waals surface area contributed by atoms with Crippen molar-refractivity contribution in [3.63, 3.8) is 0 Å². The SMILES string of the molecule is CCCCCCOc1c[c-]ccc1.[Br-].[Mg+2]. The Hall–Kier alpha value is 0.266. The van der Waals surface area contributed by atoms with Gasteiger partial charge < -0.3 is 21.7 Å². The van der Waals surface area contributed by atoms with E-state index < -0.39 is 0 Å². The molecule has 0 aromatic heterocycles. The molecule has 0 aliphatic heterocycles. The fourth-order valence-corrected chi connectivity index (χ4v) is 1.19. The van der Waals surface area contributed by atoms with E-state index in [1.165, 1.54) is 19.3 Å². The van der Waals surface area contributed by atoms with Gasteiger partial charge in [0.1, 0.15) is 0 Å². The largest absolute Gasteiger partial charge is 2.00 e. The number of unbranched alkanes of at least 4 members (excludes halogenated alkanes) is 3. The van der Waals surface area contributed by atoms with E-state index in [-0.39, 0.29) is 40.0 Å². The molecule has 80 valence electrons. The smallest absolute Gasteiger partial charge is 1.00 e. The van der Waals surface area contributed by atoms with E-state index in [0.717, 1.165) is 18.8 Å². The molecule has 0 unspecified atom stereocenters. The van der Waals surface area contributed by atoms with Crippen molar-refractivity contribution in [3.8, 4) is 5.75 Å². The van der Waals surface area contributed by atoms with Crippen LogP contribution in [0.25, 0.3) is 0 Å². The molecule has 15 heavy (non-hydrogen) atoms. The standard InChI is InChI=1S/C12H17O.BrH.Mg/c1-2-3-4-8-11-13-12-9-6-5-7-10-12;;/h5-6,9-10H,2-4,8,11H2,1H3;1H;/q-1;;+2/p-1. The number of hydrogen-bond donors (Lipinski definition) is 0. The second-order valence-corrected chi connectivity index (χ2v) is 3.15. The average molecular weight is 281 g/mol. The van der Waals surface area contributed by atoms with Crippen LogP contribution in [0.3, 0.4) is 0 Å². The van der Waals surface area contributed by atoms with Gasteiger partial charge in [-0.2, -0.15) is 18.2 Å². The molecule has 0 saturated carbocycles. The van der Waals surface area contributed by atoms with E-state index >= 15 is 0 Å². The maximum Gasteiger partial charge on any atom is 2.00 e. The summed E-state index contributed by atoms with van der Waals surface area (Å²) in [7, 11) is 0. The minimum absolute atomic E-state index is 0. The van der Waals surface area contributed by atoms with Crippen LogP contribution in [0.15, 0.2) is 24.3 Å². The van der Waals surface area contributed by atoms with Gasteiger partial charge in [0.25, 0.3) is 0 Å². The van der Waals surface area contributed by atoms with Crippen molar-refractivity contribution < 1.29 is 21.7 Å². The first-order valence-electron chi connectivity index (χ1n) is 5.02. The molecule has 0 saturated heterocycles. The predicted octanol–water partition coefficient (Wildman–Crippen LogP) is 0.0691. The normalized spacial score (nSPS) is 8.60. The first kappa shape index (κ1) is 17.7. The van der Waals surface area contributed by atoms with E-state index in [1.54, 1.807) is 0 Å². The summed E-state index contributed by atoms with van der Waals surface area (Å²) < 4.78 is 5.52. The average Bonchev–Trinajstić information content (AvgIpc) is 2.19. The number of ether oxygens (including phenoxy) is 1. The first-order chi connectivity index (χ1) is 6.43. The summed E-state index contributed by atoms with van der Waals surface area (Å²) in [5, 5.41) is 0. The number of benzene rings is 1. The van der Waals surface area contributed by atoms with E-state index in [4.69, 9.17) is 4.74 Å². The molecular formula is C12H17BrMgO. The van der Waals surface area contributed by atoms with Crippen LogP contribution in [0.5, 0.6) is 5.75 Å². The molecule has 0 radical (unpaired) electrons. The molecule has 0 aliphatic rings. The third kappa shape index (κ3) is 9.21. The molecule has 0 N–H and O–H groups in total. The van der Waals surface area contributed by atoms with Crippen molar-refractivity contribution in [2.24, 2.45) is 0 Å². The number of hydrogen-bond acceptors (Lipinski definition) is 1. The molecule has 1 rings (SSSR count). The van der Waals surface area contributed by atoms with Gasteiger partial charge in [-0.3, -0.25) is 0 Å². The van der Waals surface area contributed by atoms with Crippen LogP contribution in [0.1, 0.15) is 32.6 Å². The van der Waals surface area contributed by atoms with Crippen LogP contribution in [-0.2, 0) is 0 Å². The molecule has 0 heterocycles. The molecule has 0 spiro atoms. The van der Waals surface area contributed by atoms with Crippen molar-refractivity contribution in [2.75, 3.05) is 6.61 Å². The van der Waals surface area contributed by atoms with Crippen LogP contribution < -0.4 is 21.7 Å². The Balaban J connectivity index is 0. The van der Waals surface area contributed by atoms with E-state index in [1.807, 2.05) is 24.3 Å². The Morgan fingerprint density at radius 2 is 2.07 bits per heavy atom. The maximum absolute atomic E-state index is 5.52. The third-order valence-corrected chi connectivity index (χ3v) is 1.95. The molecule has 1 nitrogen and oxygen atoms in total. The van der Waals surface area contributed by atoms with Gasteiger partial charge in [-0.15, -0.1) is 12.1 Å². The predicted molar refractivity (Wildman–Crippen MR) is 60.7 cm³/mol. The summed E-state index contributed by atoms with van der Waals surface area (Å²) in [6.07, 6.45) is 5.01. The summed E-state index contributed by atoms with van der Waals surface area (Å²) >= 11 is 0. The molecule has 1 aromatic carbocycles. The van der Waals surface area contributed by atoms with Crippen molar-refractivity contribution in [1.29, 1.82) is 0 Å². The molecular weight excluding hydrogens is 264 g/mol. The molecule has 3 heteroatoms. The number of rotatable bonds is 6. The quantitative estimate of drug-likeness (QED) is 0.407. The Kier molecular flexibility index (Phi) is 14.5. The number of halogens is 1. The molecule has 1 aromatic rings. The van der Waals surface area contributed by atoms with Gasteiger partial charge in [-0.25, -0.2) is 0 Å². The zero-order chi connectivity index (χ0) is 9.36. The van der Waals surface area contributed by atoms with Gasteiger partial charge in [-0.1, -0.05) is 26.2 Å². The Labute approximate surface area is 120 Å². The first-order valence-corrected chi connectivity index (χ1v) is 5.02. The van der Waals surface area contributed by atoms with Crippen LogP contribution >= 0.6 is 0 Å². The monoisotopic (exact) mass is 280 g/mol. The minimum atomic E-state index is 0. The van der Waals surface area contributed by atoms with Gasteiger partial charge in [-0.05, 0) is 6.42 Å². The molecule has 0 aliphatic carbocycles. The Bertz CT molecular complexity index is 216. The van der Waals surface area contributed by atoms with E-state index in [0.29, 0.717) is 0 Å². The summed E-state index contributed by atoms with van der Waals surface area (Å²) in [6.45, 7) is 3.05. The van der Waals surface area contributed by atoms with E-state index in [9.17, 15) is 0 Å². The molecule has 0 fully saturated rings. The summed E-state index contributed by atoms with van der Waals surface area (Å²) in [5.74, 6) is 0.930. The Morgan fingerprint density at radius 1 is 1.27 bits per heavy atom. The minimum Gasteiger partial charge on any atom is -1.00 e. The van der Waals surface area contributed by atoms with Gasteiger partial charge in [0.15, 0.2) is 0 Å². The fourth-order valence-electron chi connectivity index (χ4n) is 1.19. The Morgan fingerprint density at radius 3 is 2.67 bits per heavy atom. The van der Waals surface area contributed by atoms with Crippen molar-refractivity contribution >= 4 is 23.1 Å². The van der Waals surface area contributed by atoms with Crippen LogP contribution in [0.2, 0.25) is 0 Å². The summed E-state index contributed by atoms with van der Waals surface area (Å²) in [6, 6.07) is 10.7. The zero-order valence-electron chi connectivity index (χ0n) is 9.34. The molecule has 0 atom stereocenters. The van der Waals surface area contributed by atoms with Crippen molar-refractivity contribution in [3.05, 3.63) is 30.3 Å². The van der Waals surface area contributed by atoms with Crippen LogP contribution in [0.4, 0.5) is 0 Å². The van der Waals surface area contributed by atoms with Crippen molar-refractivity contribution in [2.45, 2.75) is 32.6 Å².